The zero-order valence-electron chi connectivity index (χ0n) is 8.12. The Balaban J connectivity index is -0.00000000533. The summed E-state index contributed by atoms with van der Waals surface area (Å²) >= 11 is 7.67. The van der Waals surface area contributed by atoms with Gasteiger partial charge in [0, 0.05) is 22.4 Å². The SMILES string of the molecule is OS(O)(=S)=S.[H-].[H-].[H-].[Na+].[Na+].[Na+]. The van der Waals surface area contributed by atoms with Gasteiger partial charge in [-0.25, -0.2) is 0 Å². The molecule has 0 saturated heterocycles. The number of hydrogen-bond acceptors (Lipinski definition) is 2. The zero-order chi connectivity index (χ0) is 4.50. The van der Waals surface area contributed by atoms with Gasteiger partial charge in [-0.1, -0.05) is 0 Å². The summed E-state index contributed by atoms with van der Waals surface area (Å²) in [5.74, 6) is 0. The van der Waals surface area contributed by atoms with Crippen molar-refractivity contribution < 1.29 is 102 Å². The van der Waals surface area contributed by atoms with E-state index in [1.165, 1.54) is 0 Å². The summed E-state index contributed by atoms with van der Waals surface area (Å²) in [6.45, 7) is 0. The molecule has 0 spiro atoms. The maximum absolute atomic E-state index is 7.79. The summed E-state index contributed by atoms with van der Waals surface area (Å²) in [6.07, 6.45) is 0. The first kappa shape index (κ1) is 22.6. The molecule has 0 aromatic carbocycles. The van der Waals surface area contributed by atoms with E-state index in [1.807, 2.05) is 0 Å². The van der Waals surface area contributed by atoms with Crippen molar-refractivity contribution in [3.63, 3.8) is 0 Å². The molecule has 0 atom stereocenters. The molecule has 2 N–H and O–H groups in total. The molecule has 0 aliphatic rings. The van der Waals surface area contributed by atoms with Crippen molar-refractivity contribution in [2.75, 3.05) is 0 Å². The van der Waals surface area contributed by atoms with E-state index in [2.05, 4.69) is 22.4 Å². The minimum atomic E-state index is -3.00. The van der Waals surface area contributed by atoms with Gasteiger partial charge in [-0.05, 0) is 0 Å². The molecule has 0 aromatic heterocycles. The molecule has 8 heavy (non-hydrogen) atoms. The van der Waals surface area contributed by atoms with Crippen molar-refractivity contribution in [3.8, 4) is 0 Å². The fourth-order valence-corrected chi connectivity index (χ4v) is 0. The van der Waals surface area contributed by atoms with Gasteiger partial charge in [0.2, 0.25) is 0 Å². The van der Waals surface area contributed by atoms with Crippen LogP contribution in [-0.4, -0.2) is 9.11 Å². The minimum absolute atomic E-state index is 0. The Morgan fingerprint density at radius 3 is 1.00 bits per heavy atom. The van der Waals surface area contributed by atoms with Crippen LogP contribution in [0.15, 0.2) is 0 Å². The molecule has 0 bridgehead atoms. The Hall–Kier alpha value is 3.71. The summed E-state index contributed by atoms with van der Waals surface area (Å²) in [5.41, 5.74) is 0. The first-order valence-electron chi connectivity index (χ1n) is 0.698. The molecule has 0 radical (unpaired) electrons. The Bertz CT molecular complexity index is 105. The Morgan fingerprint density at radius 1 is 1.00 bits per heavy atom. The van der Waals surface area contributed by atoms with Gasteiger partial charge in [0.15, 0.2) is 0 Å². The minimum Gasteiger partial charge on any atom is -1.00 e. The molecule has 0 saturated carbocycles. The normalized spacial score (nSPS) is 7.25. The fraction of sp³-hybridized carbons (Fsp3) is 0. The standard InChI is InChI=1S/3Na.H2O2S3.3H/c;;;1-5(2,3)4;;;/h;;;(H2,1,2,3,4);;;/q3*+1;;3*-1. The van der Waals surface area contributed by atoms with Crippen LogP contribution >= 0.6 is 0 Å². The molecule has 2 nitrogen and oxygen atoms in total. The van der Waals surface area contributed by atoms with E-state index in [9.17, 15) is 0 Å². The smallest absolute Gasteiger partial charge is 1.00 e. The van der Waals surface area contributed by atoms with Gasteiger partial charge in [-0.15, -0.1) is 0 Å². The zero-order valence-corrected chi connectivity index (χ0v) is 13.6. The van der Waals surface area contributed by atoms with Gasteiger partial charge in [0.25, 0.3) is 0 Å². The van der Waals surface area contributed by atoms with E-state index in [0.29, 0.717) is 0 Å². The van der Waals surface area contributed by atoms with E-state index >= 15 is 0 Å². The van der Waals surface area contributed by atoms with Crippen molar-refractivity contribution in [3.05, 3.63) is 0 Å². The van der Waals surface area contributed by atoms with Crippen molar-refractivity contribution in [1.82, 2.24) is 0 Å². The topological polar surface area (TPSA) is 40.5 Å². The Kier molecular flexibility index (Phi) is 30.3. The molecule has 38 valence electrons. The maximum Gasteiger partial charge on any atom is 1.00 e. The summed E-state index contributed by atoms with van der Waals surface area (Å²) in [6, 6.07) is 0. The largest absolute Gasteiger partial charge is 1.00 e. The summed E-state index contributed by atoms with van der Waals surface area (Å²) in [7, 11) is -3.00. The van der Waals surface area contributed by atoms with Gasteiger partial charge in [0.1, 0.15) is 7.71 Å². The van der Waals surface area contributed by atoms with Crippen LogP contribution in [0.2, 0.25) is 0 Å². The van der Waals surface area contributed by atoms with Gasteiger partial charge in [-0.2, -0.15) is 0 Å². The quantitative estimate of drug-likeness (QED) is 0.383. The number of rotatable bonds is 0. The molecule has 0 heterocycles. The molecule has 0 fully saturated rings. The van der Waals surface area contributed by atoms with E-state index in [0.717, 1.165) is 0 Å². The van der Waals surface area contributed by atoms with Crippen LogP contribution in [0.3, 0.4) is 0 Å². The van der Waals surface area contributed by atoms with Gasteiger partial charge < -0.3 is 13.4 Å². The van der Waals surface area contributed by atoms with Crippen molar-refractivity contribution in [2.24, 2.45) is 0 Å². The third-order valence-electron chi connectivity index (χ3n) is 0. The van der Waals surface area contributed by atoms with Crippen LogP contribution in [0.25, 0.3) is 0 Å². The second-order valence-corrected chi connectivity index (χ2v) is 4.77. The van der Waals surface area contributed by atoms with Gasteiger partial charge >= 0.3 is 88.7 Å². The third kappa shape index (κ3) is 53.5. The Morgan fingerprint density at radius 2 is 1.00 bits per heavy atom. The second kappa shape index (κ2) is 10.7. The van der Waals surface area contributed by atoms with Crippen LogP contribution in [0, 0.1) is 0 Å². The third-order valence-corrected chi connectivity index (χ3v) is 0. The molecule has 0 aliphatic carbocycles. The average Bonchev–Trinajstić information content (AvgIpc) is 0.722. The number of hydrogen-bond donors (Lipinski definition) is 2. The van der Waals surface area contributed by atoms with Gasteiger partial charge in [0.05, 0.1) is 0 Å². The van der Waals surface area contributed by atoms with Crippen LogP contribution in [0.4, 0.5) is 0 Å². The molecular formula is H5Na3O2S3. The molecule has 0 unspecified atom stereocenters. The second-order valence-electron chi connectivity index (χ2n) is 0.448. The van der Waals surface area contributed by atoms with Crippen molar-refractivity contribution in [2.45, 2.75) is 0 Å². The van der Waals surface area contributed by atoms with Crippen LogP contribution in [0.1, 0.15) is 4.28 Å². The summed E-state index contributed by atoms with van der Waals surface area (Å²) in [4.78, 5) is 0. The van der Waals surface area contributed by atoms with Crippen molar-refractivity contribution >= 4 is 30.1 Å². The maximum atomic E-state index is 7.79. The van der Waals surface area contributed by atoms with Crippen LogP contribution < -0.4 is 88.7 Å². The van der Waals surface area contributed by atoms with Crippen LogP contribution in [-0.2, 0) is 30.1 Å². The van der Waals surface area contributed by atoms with Crippen LogP contribution in [0.5, 0.6) is 0 Å². The fourth-order valence-electron chi connectivity index (χ4n) is 0. The van der Waals surface area contributed by atoms with E-state index < -0.39 is 7.71 Å². The monoisotopic (exact) mass is 202 g/mol. The van der Waals surface area contributed by atoms with E-state index in [4.69, 9.17) is 9.11 Å². The molecular weight excluding hydrogens is 197 g/mol. The van der Waals surface area contributed by atoms with E-state index in [1.54, 1.807) is 0 Å². The average molecular weight is 202 g/mol. The first-order chi connectivity index (χ1) is 2.00. The predicted octanol–water partition coefficient (Wildman–Crippen LogP) is -8.64. The molecule has 0 amide bonds. The molecule has 0 rings (SSSR count). The predicted molar refractivity (Wildman–Crippen MR) is 30.7 cm³/mol. The Labute approximate surface area is 129 Å². The molecule has 8 heteroatoms. The van der Waals surface area contributed by atoms with Gasteiger partial charge in [-0.3, -0.25) is 0 Å². The summed E-state index contributed by atoms with van der Waals surface area (Å²) < 4.78 is 15.6. The first-order valence-corrected chi connectivity index (χ1v) is 4.10. The summed E-state index contributed by atoms with van der Waals surface area (Å²) in [5, 5.41) is 0. The van der Waals surface area contributed by atoms with E-state index in [-0.39, 0.29) is 93.0 Å². The van der Waals surface area contributed by atoms with Crippen molar-refractivity contribution in [1.29, 1.82) is 0 Å². The molecule has 0 aromatic rings. The molecule has 0 aliphatic heterocycles.